The number of nitrogens with two attached hydrogens (primary N) is 1. The molecule has 3 nitrogen and oxygen atoms in total. The zero-order chi connectivity index (χ0) is 16.4. The lowest BCUT2D eigenvalue weighted by atomic mass is 9.65. The minimum Gasteiger partial charge on any atom is -0.336 e. The largest absolute Gasteiger partial charge is 0.336 e. The molecule has 2 N–H and O–H groups in total. The van der Waals surface area contributed by atoms with Crippen molar-refractivity contribution >= 4 is 5.91 Å². The highest BCUT2D eigenvalue weighted by Crippen LogP contribution is 2.42. The lowest BCUT2D eigenvalue weighted by molar-refractivity contribution is -0.141. The van der Waals surface area contributed by atoms with Crippen LogP contribution in [0.15, 0.2) is 30.3 Å². The van der Waals surface area contributed by atoms with Gasteiger partial charge in [0.1, 0.15) is 0 Å². The van der Waals surface area contributed by atoms with Crippen molar-refractivity contribution in [3.8, 4) is 0 Å². The Morgan fingerprint density at radius 2 is 1.78 bits per heavy atom. The number of amides is 1. The van der Waals surface area contributed by atoms with Gasteiger partial charge in [0, 0.05) is 24.5 Å². The number of nitrogens with zero attached hydrogens (tertiary/aromatic N) is 1. The van der Waals surface area contributed by atoms with Crippen LogP contribution in [0.5, 0.6) is 0 Å². The predicted octanol–water partition coefficient (Wildman–Crippen LogP) is 3.58. The Hall–Kier alpha value is -1.35. The van der Waals surface area contributed by atoms with Crippen LogP contribution in [0.25, 0.3) is 0 Å². The van der Waals surface area contributed by atoms with Crippen LogP contribution >= 0.6 is 0 Å². The van der Waals surface area contributed by atoms with Gasteiger partial charge in [0.15, 0.2) is 0 Å². The van der Waals surface area contributed by atoms with Gasteiger partial charge in [-0.15, -0.1) is 0 Å². The van der Waals surface area contributed by atoms with Crippen molar-refractivity contribution in [1.82, 2.24) is 4.90 Å². The first-order valence-corrected chi connectivity index (χ1v) is 9.16. The van der Waals surface area contributed by atoms with Gasteiger partial charge in [-0.2, -0.15) is 0 Å². The first kappa shape index (κ1) is 16.5. The summed E-state index contributed by atoms with van der Waals surface area (Å²) in [5.41, 5.74) is 7.59. The highest BCUT2D eigenvalue weighted by Gasteiger charge is 2.41. The van der Waals surface area contributed by atoms with E-state index in [1.807, 2.05) is 18.2 Å². The average molecular weight is 314 g/mol. The molecule has 0 aromatic heterocycles. The van der Waals surface area contributed by atoms with Crippen LogP contribution in [-0.4, -0.2) is 22.9 Å². The SMILES string of the molecule is CC(C)N(Cc1ccccc1)C(=O)C1CC2CCCC(C1)C2N. The lowest BCUT2D eigenvalue weighted by Crippen LogP contribution is -2.50. The normalized spacial score (nSPS) is 30.3. The van der Waals surface area contributed by atoms with Crippen molar-refractivity contribution in [2.45, 2.75) is 64.6 Å². The Balaban J connectivity index is 1.71. The van der Waals surface area contributed by atoms with Crippen molar-refractivity contribution in [1.29, 1.82) is 0 Å². The maximum atomic E-state index is 13.2. The van der Waals surface area contributed by atoms with Gasteiger partial charge in [-0.1, -0.05) is 36.8 Å². The smallest absolute Gasteiger partial charge is 0.226 e. The topological polar surface area (TPSA) is 46.3 Å². The number of carbonyl (C=O) groups is 1. The lowest BCUT2D eigenvalue weighted by Gasteiger charge is -2.45. The van der Waals surface area contributed by atoms with Gasteiger partial charge in [-0.25, -0.2) is 0 Å². The molecule has 0 saturated heterocycles. The van der Waals surface area contributed by atoms with E-state index >= 15 is 0 Å². The van der Waals surface area contributed by atoms with Gasteiger partial charge in [0.25, 0.3) is 0 Å². The van der Waals surface area contributed by atoms with E-state index in [-0.39, 0.29) is 12.0 Å². The molecule has 0 radical (unpaired) electrons. The molecule has 3 heteroatoms. The zero-order valence-electron chi connectivity index (χ0n) is 14.4. The fraction of sp³-hybridized carbons (Fsp3) is 0.650. The maximum Gasteiger partial charge on any atom is 0.226 e. The predicted molar refractivity (Wildman–Crippen MR) is 93.7 cm³/mol. The number of hydrogen-bond acceptors (Lipinski definition) is 2. The fourth-order valence-corrected chi connectivity index (χ4v) is 4.52. The monoisotopic (exact) mass is 314 g/mol. The van der Waals surface area contributed by atoms with Gasteiger partial charge >= 0.3 is 0 Å². The van der Waals surface area contributed by atoms with E-state index in [4.69, 9.17) is 5.73 Å². The molecule has 2 aliphatic rings. The Kier molecular flexibility index (Phi) is 5.05. The summed E-state index contributed by atoms with van der Waals surface area (Å²) in [6.07, 6.45) is 5.70. The van der Waals surface area contributed by atoms with Gasteiger partial charge in [0.05, 0.1) is 0 Å². The molecule has 2 aliphatic carbocycles. The van der Waals surface area contributed by atoms with Crippen molar-refractivity contribution in [2.75, 3.05) is 0 Å². The van der Waals surface area contributed by atoms with E-state index < -0.39 is 0 Å². The van der Waals surface area contributed by atoms with E-state index in [1.54, 1.807) is 0 Å². The Bertz CT molecular complexity index is 514. The maximum absolute atomic E-state index is 13.2. The molecule has 2 bridgehead atoms. The van der Waals surface area contributed by atoms with Gasteiger partial charge in [0.2, 0.25) is 5.91 Å². The standard InChI is InChI=1S/C20H30N2O/c1-14(2)22(13-15-7-4-3-5-8-15)20(23)18-11-16-9-6-10-17(12-18)19(16)21/h3-5,7-8,14,16-19H,6,9-13,21H2,1-2H3. The molecule has 0 spiro atoms. The third kappa shape index (κ3) is 3.60. The molecule has 1 aromatic carbocycles. The highest BCUT2D eigenvalue weighted by molar-refractivity contribution is 5.79. The molecule has 2 fully saturated rings. The molecule has 1 aromatic rings. The Morgan fingerprint density at radius 1 is 1.17 bits per heavy atom. The zero-order valence-corrected chi connectivity index (χ0v) is 14.4. The second kappa shape index (κ2) is 7.04. The summed E-state index contributed by atoms with van der Waals surface area (Å²) in [4.78, 5) is 15.2. The molecule has 23 heavy (non-hydrogen) atoms. The van der Waals surface area contributed by atoms with Gasteiger partial charge in [-0.05, 0) is 56.9 Å². The van der Waals surface area contributed by atoms with Crippen molar-refractivity contribution in [3.63, 3.8) is 0 Å². The summed E-state index contributed by atoms with van der Waals surface area (Å²) in [5, 5.41) is 0. The molecule has 0 heterocycles. The van der Waals surface area contributed by atoms with Crippen molar-refractivity contribution in [2.24, 2.45) is 23.5 Å². The van der Waals surface area contributed by atoms with Crippen LogP contribution < -0.4 is 5.73 Å². The molecular weight excluding hydrogens is 284 g/mol. The summed E-state index contributed by atoms with van der Waals surface area (Å²) in [6.45, 7) is 4.96. The molecule has 2 unspecified atom stereocenters. The second-order valence-electron chi connectivity index (χ2n) is 7.74. The summed E-state index contributed by atoms with van der Waals surface area (Å²) in [7, 11) is 0. The second-order valence-corrected chi connectivity index (χ2v) is 7.74. The van der Waals surface area contributed by atoms with Crippen LogP contribution in [0.3, 0.4) is 0 Å². The van der Waals surface area contributed by atoms with Crippen molar-refractivity contribution < 1.29 is 4.79 Å². The molecule has 3 rings (SSSR count). The number of fused-ring (bicyclic) bond motifs is 2. The highest BCUT2D eigenvalue weighted by atomic mass is 16.2. The Morgan fingerprint density at radius 3 is 2.35 bits per heavy atom. The molecular formula is C20H30N2O. The third-order valence-corrected chi connectivity index (χ3v) is 5.86. The number of rotatable bonds is 4. The summed E-state index contributed by atoms with van der Waals surface area (Å²) in [6, 6.07) is 10.9. The summed E-state index contributed by atoms with van der Waals surface area (Å²) < 4.78 is 0. The van der Waals surface area contributed by atoms with Crippen molar-refractivity contribution in [3.05, 3.63) is 35.9 Å². The minimum atomic E-state index is 0.177. The first-order valence-electron chi connectivity index (χ1n) is 9.16. The molecule has 2 saturated carbocycles. The molecule has 126 valence electrons. The summed E-state index contributed by atoms with van der Waals surface area (Å²) >= 11 is 0. The number of hydrogen-bond donors (Lipinski definition) is 1. The van der Waals surface area contributed by atoms with E-state index in [0.29, 0.717) is 23.8 Å². The Labute approximate surface area is 140 Å². The third-order valence-electron chi connectivity index (χ3n) is 5.86. The van der Waals surface area contributed by atoms with Crippen LogP contribution in [0.4, 0.5) is 0 Å². The quantitative estimate of drug-likeness (QED) is 0.923. The number of carbonyl (C=O) groups excluding carboxylic acids is 1. The van der Waals surface area contributed by atoms with E-state index in [2.05, 4.69) is 30.9 Å². The molecule has 2 atom stereocenters. The van der Waals surface area contributed by atoms with E-state index in [0.717, 1.165) is 19.4 Å². The average Bonchev–Trinajstić information content (AvgIpc) is 2.52. The molecule has 0 aliphatic heterocycles. The van der Waals surface area contributed by atoms with Crippen LogP contribution in [0, 0.1) is 17.8 Å². The fourth-order valence-electron chi connectivity index (χ4n) is 4.52. The van der Waals surface area contributed by atoms with Crippen LogP contribution in [-0.2, 0) is 11.3 Å². The first-order chi connectivity index (χ1) is 11.1. The van der Waals surface area contributed by atoms with Crippen LogP contribution in [0.2, 0.25) is 0 Å². The van der Waals surface area contributed by atoms with E-state index in [1.165, 1.54) is 24.8 Å². The summed E-state index contributed by atoms with van der Waals surface area (Å²) in [5.74, 6) is 1.63. The molecule has 1 amide bonds. The van der Waals surface area contributed by atoms with Gasteiger partial charge in [-0.3, -0.25) is 4.79 Å². The van der Waals surface area contributed by atoms with Gasteiger partial charge < -0.3 is 10.6 Å². The van der Waals surface area contributed by atoms with E-state index in [9.17, 15) is 4.79 Å². The number of benzene rings is 1. The minimum absolute atomic E-state index is 0.177. The van der Waals surface area contributed by atoms with Crippen LogP contribution in [0.1, 0.15) is 51.5 Å².